The second-order valence-electron chi connectivity index (χ2n) is 5.92. The van der Waals surface area contributed by atoms with E-state index in [1.807, 2.05) is 0 Å². The molecule has 1 aromatic carbocycles. The van der Waals surface area contributed by atoms with Crippen molar-refractivity contribution in [3.05, 3.63) is 23.8 Å². The van der Waals surface area contributed by atoms with Crippen molar-refractivity contribution in [1.82, 2.24) is 5.32 Å². The number of amides is 1. The van der Waals surface area contributed by atoms with Crippen LogP contribution in [0.2, 0.25) is 0 Å². The van der Waals surface area contributed by atoms with E-state index in [0.717, 1.165) is 6.54 Å². The highest BCUT2D eigenvalue weighted by molar-refractivity contribution is 6.52. The molecule has 1 unspecified atom stereocenters. The Morgan fingerprint density at radius 3 is 2.81 bits per heavy atom. The van der Waals surface area contributed by atoms with Crippen LogP contribution < -0.4 is 15.0 Å². The Morgan fingerprint density at radius 1 is 1.38 bits per heavy atom. The number of hydrogen-bond acceptors (Lipinski definition) is 4. The van der Waals surface area contributed by atoms with Gasteiger partial charge in [0.2, 0.25) is 0 Å². The second kappa shape index (κ2) is 5.48. The number of anilines is 1. The lowest BCUT2D eigenvalue weighted by molar-refractivity contribution is -0.114. The van der Waals surface area contributed by atoms with E-state index in [1.54, 1.807) is 30.2 Å². The van der Waals surface area contributed by atoms with E-state index in [2.05, 4.69) is 12.2 Å². The largest absolute Gasteiger partial charge is 0.497 e. The van der Waals surface area contributed by atoms with Gasteiger partial charge in [-0.1, -0.05) is 6.92 Å². The number of fused-ring (bicyclic) bond motifs is 1. The number of benzene rings is 1. The average molecular weight is 288 g/mol. The monoisotopic (exact) mass is 288 g/mol. The quantitative estimate of drug-likeness (QED) is 0.808. The van der Waals surface area contributed by atoms with Crippen molar-refractivity contribution in [2.24, 2.45) is 5.92 Å². The maximum absolute atomic E-state index is 12.2. The maximum atomic E-state index is 12.2. The lowest BCUT2D eigenvalue weighted by Crippen LogP contribution is -2.37. The molecule has 1 N–H and O–H groups in total. The van der Waals surface area contributed by atoms with Crippen molar-refractivity contribution in [1.29, 1.82) is 0 Å². The standard InChI is InChI=1S/C16H20N2O3/c1-10(8-17-11-3-4-11)9-18-14-7-12(21-2)5-6-13(14)15(19)16(18)20/h5-7,10-11,17H,3-4,8-9H2,1-2H3. The molecule has 5 heteroatoms. The van der Waals surface area contributed by atoms with Gasteiger partial charge in [0.1, 0.15) is 5.75 Å². The fraction of sp³-hybridized carbons (Fsp3) is 0.500. The number of Topliss-reactive ketones (excluding diaryl/α,β-unsaturated/α-hetero) is 1. The van der Waals surface area contributed by atoms with Gasteiger partial charge in [0.15, 0.2) is 0 Å². The summed E-state index contributed by atoms with van der Waals surface area (Å²) in [4.78, 5) is 25.8. The predicted octanol–water partition coefficient (Wildman–Crippen LogP) is 1.61. The summed E-state index contributed by atoms with van der Waals surface area (Å²) in [5.41, 5.74) is 1.14. The zero-order valence-corrected chi connectivity index (χ0v) is 12.4. The number of nitrogens with zero attached hydrogens (tertiary/aromatic N) is 1. The minimum atomic E-state index is -0.434. The normalized spacial score (nSPS) is 18.9. The topological polar surface area (TPSA) is 58.6 Å². The van der Waals surface area contributed by atoms with Gasteiger partial charge < -0.3 is 15.0 Å². The van der Waals surface area contributed by atoms with Gasteiger partial charge in [0, 0.05) is 18.7 Å². The van der Waals surface area contributed by atoms with Crippen LogP contribution in [0.4, 0.5) is 5.69 Å². The van der Waals surface area contributed by atoms with Crippen molar-refractivity contribution in [3.8, 4) is 5.75 Å². The lowest BCUT2D eigenvalue weighted by atomic mass is 10.1. The van der Waals surface area contributed by atoms with Gasteiger partial charge in [0.05, 0.1) is 18.4 Å². The smallest absolute Gasteiger partial charge is 0.299 e. The third-order valence-corrected chi connectivity index (χ3v) is 4.01. The predicted molar refractivity (Wildman–Crippen MR) is 79.9 cm³/mol. The molecule has 3 rings (SSSR count). The molecule has 112 valence electrons. The van der Waals surface area contributed by atoms with E-state index in [1.165, 1.54) is 12.8 Å². The Morgan fingerprint density at radius 2 is 2.14 bits per heavy atom. The molecule has 1 aliphatic carbocycles. The van der Waals surface area contributed by atoms with Gasteiger partial charge in [0.25, 0.3) is 11.7 Å². The van der Waals surface area contributed by atoms with E-state index in [0.29, 0.717) is 35.5 Å². The second-order valence-corrected chi connectivity index (χ2v) is 5.92. The molecule has 0 bridgehead atoms. The molecule has 0 spiro atoms. The van der Waals surface area contributed by atoms with Gasteiger partial charge in [-0.2, -0.15) is 0 Å². The summed E-state index contributed by atoms with van der Waals surface area (Å²) in [5, 5.41) is 3.46. The number of nitrogens with one attached hydrogen (secondary N) is 1. The van der Waals surface area contributed by atoms with Crippen LogP contribution in [0.1, 0.15) is 30.1 Å². The van der Waals surface area contributed by atoms with Gasteiger partial charge >= 0.3 is 0 Å². The first-order chi connectivity index (χ1) is 10.1. The van der Waals surface area contributed by atoms with Gasteiger partial charge in [-0.3, -0.25) is 9.59 Å². The van der Waals surface area contributed by atoms with Crippen LogP contribution in [0.3, 0.4) is 0 Å². The summed E-state index contributed by atoms with van der Waals surface area (Å²) < 4.78 is 5.19. The van der Waals surface area contributed by atoms with Gasteiger partial charge in [-0.05, 0) is 37.4 Å². The molecule has 5 nitrogen and oxygen atoms in total. The summed E-state index contributed by atoms with van der Waals surface area (Å²) in [6, 6.07) is 5.79. The van der Waals surface area contributed by atoms with Crippen LogP contribution in [-0.4, -0.2) is 37.9 Å². The number of carbonyl (C=O) groups is 2. The Kier molecular flexibility index (Phi) is 3.68. The van der Waals surface area contributed by atoms with Gasteiger partial charge in [-0.15, -0.1) is 0 Å². The molecule has 1 saturated carbocycles. The van der Waals surface area contributed by atoms with Crippen LogP contribution >= 0.6 is 0 Å². The molecule has 1 fully saturated rings. The molecule has 1 aliphatic heterocycles. The summed E-state index contributed by atoms with van der Waals surface area (Å²) in [6.45, 7) is 3.50. The number of methoxy groups -OCH3 is 1. The number of rotatable bonds is 6. The zero-order valence-electron chi connectivity index (χ0n) is 12.4. The first kappa shape index (κ1) is 14.1. The minimum Gasteiger partial charge on any atom is -0.497 e. The molecule has 1 aromatic rings. The first-order valence-corrected chi connectivity index (χ1v) is 7.37. The Labute approximate surface area is 124 Å². The third-order valence-electron chi connectivity index (χ3n) is 4.01. The average Bonchev–Trinajstić information content (AvgIpc) is 3.29. The zero-order chi connectivity index (χ0) is 15.0. The highest BCUT2D eigenvalue weighted by Crippen LogP contribution is 2.33. The number of hydrogen-bond donors (Lipinski definition) is 1. The van der Waals surface area contributed by atoms with Crippen LogP contribution in [0.5, 0.6) is 5.75 Å². The van der Waals surface area contributed by atoms with Gasteiger partial charge in [-0.25, -0.2) is 0 Å². The molecular weight excluding hydrogens is 268 g/mol. The van der Waals surface area contributed by atoms with E-state index in [9.17, 15) is 9.59 Å². The van der Waals surface area contributed by atoms with Crippen molar-refractivity contribution in [2.75, 3.05) is 25.1 Å². The van der Waals surface area contributed by atoms with Crippen LogP contribution in [-0.2, 0) is 4.79 Å². The SMILES string of the molecule is COc1ccc2c(c1)N(CC(C)CNC1CC1)C(=O)C2=O. The fourth-order valence-electron chi connectivity index (χ4n) is 2.61. The van der Waals surface area contributed by atoms with Crippen molar-refractivity contribution in [3.63, 3.8) is 0 Å². The molecule has 0 aromatic heterocycles. The summed E-state index contributed by atoms with van der Waals surface area (Å²) in [6.07, 6.45) is 2.49. The Hall–Kier alpha value is -1.88. The summed E-state index contributed by atoms with van der Waals surface area (Å²) >= 11 is 0. The first-order valence-electron chi connectivity index (χ1n) is 7.37. The number of ether oxygens (including phenoxy) is 1. The lowest BCUT2D eigenvalue weighted by Gasteiger charge is -2.21. The number of ketones is 1. The van der Waals surface area contributed by atoms with E-state index in [4.69, 9.17) is 4.74 Å². The van der Waals surface area contributed by atoms with E-state index < -0.39 is 11.7 Å². The van der Waals surface area contributed by atoms with Crippen molar-refractivity contribution in [2.45, 2.75) is 25.8 Å². The molecule has 0 saturated heterocycles. The van der Waals surface area contributed by atoms with Crippen LogP contribution in [0, 0.1) is 5.92 Å². The van der Waals surface area contributed by atoms with E-state index >= 15 is 0 Å². The molecule has 1 atom stereocenters. The third kappa shape index (κ3) is 2.78. The minimum absolute atomic E-state index is 0.291. The summed E-state index contributed by atoms with van der Waals surface area (Å²) in [5.74, 6) is 0.0936. The number of carbonyl (C=O) groups excluding carboxylic acids is 2. The Balaban J connectivity index is 1.75. The summed E-state index contributed by atoms with van der Waals surface area (Å²) in [7, 11) is 1.58. The molecule has 1 heterocycles. The molecule has 1 amide bonds. The molecule has 2 aliphatic rings. The highest BCUT2D eigenvalue weighted by atomic mass is 16.5. The molecule has 21 heavy (non-hydrogen) atoms. The van der Waals surface area contributed by atoms with Crippen molar-refractivity contribution >= 4 is 17.4 Å². The highest BCUT2D eigenvalue weighted by Gasteiger charge is 2.36. The van der Waals surface area contributed by atoms with Crippen LogP contribution in [0.25, 0.3) is 0 Å². The molecule has 0 radical (unpaired) electrons. The van der Waals surface area contributed by atoms with Crippen molar-refractivity contribution < 1.29 is 14.3 Å². The maximum Gasteiger partial charge on any atom is 0.299 e. The molecular formula is C16H20N2O3. The van der Waals surface area contributed by atoms with E-state index in [-0.39, 0.29) is 0 Å². The fourth-order valence-corrected chi connectivity index (χ4v) is 2.61. The Bertz CT molecular complexity index is 581. The van der Waals surface area contributed by atoms with Crippen LogP contribution in [0.15, 0.2) is 18.2 Å².